The number of nitrogens with two attached hydrogens (primary N) is 1. The van der Waals surface area contributed by atoms with Gasteiger partial charge in [0.1, 0.15) is 10.7 Å². The van der Waals surface area contributed by atoms with E-state index in [1.807, 2.05) is 0 Å². The Labute approximate surface area is 111 Å². The number of aromatic carboxylic acids is 1. The predicted octanol–water partition coefficient (Wildman–Crippen LogP) is 3.46. The van der Waals surface area contributed by atoms with Gasteiger partial charge in [-0.3, -0.25) is 0 Å². The maximum Gasteiger partial charge on any atom is 0.345 e. The summed E-state index contributed by atoms with van der Waals surface area (Å²) in [6.45, 7) is 0. The predicted molar refractivity (Wildman–Crippen MR) is 71.7 cm³/mol. The number of thioether (sulfide) groups is 1. The zero-order valence-corrected chi connectivity index (χ0v) is 10.9. The normalized spacial score (nSPS) is 10.5. The quantitative estimate of drug-likeness (QED) is 0.666. The number of carbonyl (C=O) groups is 1. The fourth-order valence-corrected chi connectivity index (χ4v) is 3.13. The molecule has 2 aromatic rings. The van der Waals surface area contributed by atoms with Crippen LogP contribution in [0.15, 0.2) is 35.2 Å². The zero-order valence-electron chi connectivity index (χ0n) is 9.22. The van der Waals surface area contributed by atoms with Crippen molar-refractivity contribution in [1.29, 1.82) is 0 Å². The standard InChI is InChI=1S/C12H10FNO2S2/c13-9-5-7(1-3-10(9)14)17-6-8-2-4-11(18-8)12(15)16/h1-5H,6,14H2,(H,15,16). The molecule has 1 aromatic carbocycles. The third kappa shape index (κ3) is 3.02. The molecular formula is C12H10FNO2S2. The molecule has 0 aliphatic carbocycles. The molecule has 0 spiro atoms. The Bertz CT molecular complexity index is 583. The van der Waals surface area contributed by atoms with Gasteiger partial charge in [0.15, 0.2) is 0 Å². The lowest BCUT2D eigenvalue weighted by atomic mass is 10.3. The van der Waals surface area contributed by atoms with E-state index in [0.29, 0.717) is 10.6 Å². The smallest absolute Gasteiger partial charge is 0.345 e. The van der Waals surface area contributed by atoms with Gasteiger partial charge in [0.25, 0.3) is 0 Å². The van der Waals surface area contributed by atoms with Gasteiger partial charge in [0, 0.05) is 15.5 Å². The van der Waals surface area contributed by atoms with Crippen LogP contribution in [0.3, 0.4) is 0 Å². The van der Waals surface area contributed by atoms with Crippen LogP contribution >= 0.6 is 23.1 Å². The summed E-state index contributed by atoms with van der Waals surface area (Å²) in [5.74, 6) is -0.742. The van der Waals surface area contributed by atoms with Crippen molar-refractivity contribution in [1.82, 2.24) is 0 Å². The third-order valence-corrected chi connectivity index (χ3v) is 4.52. The number of carboxylic acids is 1. The van der Waals surface area contributed by atoms with Crippen molar-refractivity contribution < 1.29 is 14.3 Å². The largest absolute Gasteiger partial charge is 0.477 e. The minimum atomic E-state index is -0.922. The number of benzene rings is 1. The lowest BCUT2D eigenvalue weighted by Gasteiger charge is -2.01. The topological polar surface area (TPSA) is 63.3 Å². The lowest BCUT2D eigenvalue weighted by molar-refractivity contribution is 0.0702. The molecule has 94 valence electrons. The Kier molecular flexibility index (Phi) is 3.88. The Balaban J connectivity index is 2.02. The first-order chi connectivity index (χ1) is 8.56. The molecule has 0 aliphatic heterocycles. The van der Waals surface area contributed by atoms with Crippen LogP contribution in [0, 0.1) is 5.82 Å². The minimum absolute atomic E-state index is 0.128. The number of nitrogen functional groups attached to an aromatic ring is 1. The molecule has 3 nitrogen and oxygen atoms in total. The summed E-state index contributed by atoms with van der Waals surface area (Å²) in [6.07, 6.45) is 0. The van der Waals surface area contributed by atoms with Crippen molar-refractivity contribution in [3.05, 3.63) is 45.9 Å². The summed E-state index contributed by atoms with van der Waals surface area (Å²) < 4.78 is 13.2. The highest BCUT2D eigenvalue weighted by Crippen LogP contribution is 2.28. The second kappa shape index (κ2) is 5.41. The van der Waals surface area contributed by atoms with E-state index >= 15 is 0 Å². The molecule has 0 bridgehead atoms. The molecule has 1 heterocycles. The second-order valence-corrected chi connectivity index (χ2v) is 5.76. The number of hydrogen-bond acceptors (Lipinski definition) is 4. The average molecular weight is 283 g/mol. The zero-order chi connectivity index (χ0) is 13.1. The van der Waals surface area contributed by atoms with Gasteiger partial charge in [-0.05, 0) is 30.3 Å². The molecule has 2 rings (SSSR count). The monoisotopic (exact) mass is 283 g/mol. The van der Waals surface area contributed by atoms with Crippen LogP contribution in [-0.2, 0) is 5.75 Å². The van der Waals surface area contributed by atoms with E-state index in [2.05, 4.69) is 0 Å². The number of thiophene rings is 1. The van der Waals surface area contributed by atoms with Gasteiger partial charge in [0.2, 0.25) is 0 Å². The van der Waals surface area contributed by atoms with Crippen LogP contribution in [0.25, 0.3) is 0 Å². The first kappa shape index (κ1) is 12.9. The fraction of sp³-hybridized carbons (Fsp3) is 0.0833. The molecule has 18 heavy (non-hydrogen) atoms. The van der Waals surface area contributed by atoms with Gasteiger partial charge in [-0.15, -0.1) is 23.1 Å². The van der Waals surface area contributed by atoms with Crippen molar-refractivity contribution in [3.63, 3.8) is 0 Å². The number of carboxylic acid groups (broad SMARTS) is 1. The van der Waals surface area contributed by atoms with Crippen molar-refractivity contribution in [2.45, 2.75) is 10.6 Å². The van der Waals surface area contributed by atoms with Gasteiger partial charge in [-0.25, -0.2) is 9.18 Å². The van der Waals surface area contributed by atoms with Crippen molar-refractivity contribution in [2.75, 3.05) is 5.73 Å². The molecule has 1 aromatic heterocycles. The first-order valence-electron chi connectivity index (χ1n) is 5.06. The molecule has 0 amide bonds. The first-order valence-corrected chi connectivity index (χ1v) is 6.86. The van der Waals surface area contributed by atoms with Crippen LogP contribution in [0.4, 0.5) is 10.1 Å². The maximum atomic E-state index is 13.2. The van der Waals surface area contributed by atoms with E-state index in [9.17, 15) is 9.18 Å². The van der Waals surface area contributed by atoms with Crippen LogP contribution in [0.2, 0.25) is 0 Å². The second-order valence-electron chi connectivity index (χ2n) is 3.54. The van der Waals surface area contributed by atoms with Crippen molar-refractivity contribution >= 4 is 34.8 Å². The van der Waals surface area contributed by atoms with E-state index in [0.717, 1.165) is 9.77 Å². The van der Waals surface area contributed by atoms with Gasteiger partial charge in [-0.2, -0.15) is 0 Å². The Morgan fingerprint density at radius 1 is 1.39 bits per heavy atom. The summed E-state index contributed by atoms with van der Waals surface area (Å²) in [4.78, 5) is 12.7. The lowest BCUT2D eigenvalue weighted by Crippen LogP contribution is -1.90. The number of rotatable bonds is 4. The van der Waals surface area contributed by atoms with Crippen LogP contribution < -0.4 is 5.73 Å². The highest BCUT2D eigenvalue weighted by atomic mass is 32.2. The van der Waals surface area contributed by atoms with E-state index in [1.165, 1.54) is 35.2 Å². The number of anilines is 1. The average Bonchev–Trinajstić information content (AvgIpc) is 2.79. The summed E-state index contributed by atoms with van der Waals surface area (Å²) in [5.41, 5.74) is 5.51. The molecule has 0 saturated heterocycles. The molecule has 0 saturated carbocycles. The third-order valence-electron chi connectivity index (χ3n) is 2.23. The van der Waals surface area contributed by atoms with Gasteiger partial charge < -0.3 is 10.8 Å². The molecule has 6 heteroatoms. The Morgan fingerprint density at radius 2 is 2.17 bits per heavy atom. The molecule has 0 unspecified atom stereocenters. The number of hydrogen-bond donors (Lipinski definition) is 2. The summed E-state index contributed by atoms with van der Waals surface area (Å²) in [7, 11) is 0. The van der Waals surface area contributed by atoms with Gasteiger partial charge in [-0.1, -0.05) is 0 Å². The van der Waals surface area contributed by atoms with E-state index in [4.69, 9.17) is 10.8 Å². The van der Waals surface area contributed by atoms with Gasteiger partial charge >= 0.3 is 5.97 Å². The van der Waals surface area contributed by atoms with Crippen LogP contribution in [-0.4, -0.2) is 11.1 Å². The Morgan fingerprint density at radius 3 is 2.78 bits per heavy atom. The van der Waals surface area contributed by atoms with Gasteiger partial charge in [0.05, 0.1) is 5.69 Å². The van der Waals surface area contributed by atoms with E-state index < -0.39 is 11.8 Å². The molecule has 3 N–H and O–H groups in total. The van der Waals surface area contributed by atoms with Crippen molar-refractivity contribution in [2.24, 2.45) is 0 Å². The molecule has 0 aliphatic rings. The van der Waals surface area contributed by atoms with Crippen LogP contribution in [0.5, 0.6) is 0 Å². The molecular weight excluding hydrogens is 273 g/mol. The maximum absolute atomic E-state index is 13.2. The van der Waals surface area contributed by atoms with E-state index in [1.54, 1.807) is 18.2 Å². The fourth-order valence-electron chi connectivity index (χ4n) is 1.32. The minimum Gasteiger partial charge on any atom is -0.477 e. The SMILES string of the molecule is Nc1ccc(SCc2ccc(C(=O)O)s2)cc1F. The highest BCUT2D eigenvalue weighted by molar-refractivity contribution is 7.98. The van der Waals surface area contributed by atoms with Crippen LogP contribution in [0.1, 0.15) is 14.5 Å². The highest BCUT2D eigenvalue weighted by Gasteiger charge is 2.07. The number of halogens is 1. The summed E-state index contributed by atoms with van der Waals surface area (Å²) >= 11 is 2.67. The summed E-state index contributed by atoms with van der Waals surface area (Å²) in [6, 6.07) is 8.00. The molecule has 0 radical (unpaired) electrons. The van der Waals surface area contributed by atoms with Crippen molar-refractivity contribution in [3.8, 4) is 0 Å². The summed E-state index contributed by atoms with van der Waals surface area (Å²) in [5, 5.41) is 8.79. The molecule has 0 atom stereocenters. The van der Waals surface area contributed by atoms with E-state index in [-0.39, 0.29) is 5.69 Å². The molecule has 0 fully saturated rings. The Hall–Kier alpha value is -1.53.